The Morgan fingerprint density at radius 2 is 1.63 bits per heavy atom. The first kappa shape index (κ1) is 15.2. The van der Waals surface area contributed by atoms with E-state index in [-0.39, 0.29) is 5.91 Å². The van der Waals surface area contributed by atoms with Gasteiger partial charge in [-0.15, -0.1) is 0 Å². The zero-order valence-corrected chi connectivity index (χ0v) is 11.0. The fourth-order valence-electron chi connectivity index (χ4n) is 1.62. The number of carbonyl (C=O) groups excluding carboxylic acids is 2. The first-order valence-electron chi connectivity index (χ1n) is 6.08. The summed E-state index contributed by atoms with van der Waals surface area (Å²) in [5.74, 6) is -1.34. The summed E-state index contributed by atoms with van der Waals surface area (Å²) in [4.78, 5) is 35.6. The lowest BCUT2D eigenvalue weighted by molar-refractivity contribution is -0.138. The van der Waals surface area contributed by atoms with Crippen molar-refractivity contribution in [2.24, 2.45) is 0 Å². The molecule has 0 spiro atoms. The second-order valence-corrected chi connectivity index (χ2v) is 4.34. The summed E-state index contributed by atoms with van der Waals surface area (Å²) in [6.45, 7) is 4.87. The molecule has 1 heterocycles. The zero-order valence-electron chi connectivity index (χ0n) is 11.0. The SMILES string of the molecule is CC(NC(=O)NC(C)C(=O)N1CCOCC1)C(=O)O. The highest BCUT2D eigenvalue weighted by molar-refractivity contribution is 5.88. The predicted octanol–water partition coefficient (Wildman–Crippen LogP) is -0.994. The Labute approximate surface area is 111 Å². The summed E-state index contributed by atoms with van der Waals surface area (Å²) in [7, 11) is 0. The molecular weight excluding hydrogens is 254 g/mol. The summed E-state index contributed by atoms with van der Waals surface area (Å²) in [6.07, 6.45) is 0. The fourth-order valence-corrected chi connectivity index (χ4v) is 1.62. The molecule has 1 fully saturated rings. The Balaban J connectivity index is 2.40. The largest absolute Gasteiger partial charge is 0.480 e. The van der Waals surface area contributed by atoms with Crippen molar-refractivity contribution in [3.8, 4) is 0 Å². The van der Waals surface area contributed by atoms with Crippen LogP contribution in [0.2, 0.25) is 0 Å². The molecule has 8 nitrogen and oxygen atoms in total. The molecule has 0 radical (unpaired) electrons. The van der Waals surface area contributed by atoms with Crippen LogP contribution in [-0.4, -0.2) is 66.3 Å². The first-order chi connectivity index (χ1) is 8.91. The van der Waals surface area contributed by atoms with Crippen LogP contribution in [0.1, 0.15) is 13.8 Å². The predicted molar refractivity (Wildman–Crippen MR) is 65.6 cm³/mol. The number of carbonyl (C=O) groups is 3. The maximum atomic E-state index is 12.0. The minimum Gasteiger partial charge on any atom is -0.480 e. The molecule has 0 aromatic carbocycles. The van der Waals surface area contributed by atoms with Crippen LogP contribution in [0.3, 0.4) is 0 Å². The van der Waals surface area contributed by atoms with Gasteiger partial charge in [0.1, 0.15) is 12.1 Å². The van der Waals surface area contributed by atoms with E-state index in [2.05, 4.69) is 10.6 Å². The summed E-state index contributed by atoms with van der Waals surface area (Å²) in [6, 6.07) is -2.39. The van der Waals surface area contributed by atoms with Crippen LogP contribution in [0, 0.1) is 0 Å². The molecule has 108 valence electrons. The van der Waals surface area contributed by atoms with Gasteiger partial charge in [0.2, 0.25) is 5.91 Å². The molecule has 3 N–H and O–H groups in total. The highest BCUT2D eigenvalue weighted by atomic mass is 16.5. The van der Waals surface area contributed by atoms with Gasteiger partial charge in [-0.3, -0.25) is 9.59 Å². The molecule has 1 aliphatic rings. The van der Waals surface area contributed by atoms with Crippen LogP contribution in [0.15, 0.2) is 0 Å². The van der Waals surface area contributed by atoms with Gasteiger partial charge in [-0.25, -0.2) is 4.79 Å². The second-order valence-electron chi connectivity index (χ2n) is 4.34. The van der Waals surface area contributed by atoms with Crippen LogP contribution in [0.5, 0.6) is 0 Å². The molecular formula is C11H19N3O5. The van der Waals surface area contributed by atoms with Crippen molar-refractivity contribution >= 4 is 17.9 Å². The number of carboxylic acids is 1. The molecule has 2 atom stereocenters. The van der Waals surface area contributed by atoms with Crippen molar-refractivity contribution in [3.63, 3.8) is 0 Å². The van der Waals surface area contributed by atoms with Crippen molar-refractivity contribution in [2.75, 3.05) is 26.3 Å². The maximum absolute atomic E-state index is 12.0. The van der Waals surface area contributed by atoms with Crippen LogP contribution in [0.25, 0.3) is 0 Å². The van der Waals surface area contributed by atoms with Crippen molar-refractivity contribution < 1.29 is 24.2 Å². The summed E-state index contributed by atoms with van der Waals surface area (Å²) < 4.78 is 5.13. The molecule has 3 amide bonds. The third-order valence-corrected chi connectivity index (χ3v) is 2.76. The van der Waals surface area contributed by atoms with E-state index in [1.165, 1.54) is 6.92 Å². The van der Waals surface area contributed by atoms with Gasteiger partial charge in [0.15, 0.2) is 0 Å². The molecule has 0 bridgehead atoms. The van der Waals surface area contributed by atoms with Crippen LogP contribution >= 0.6 is 0 Å². The Morgan fingerprint density at radius 1 is 1.11 bits per heavy atom. The van der Waals surface area contributed by atoms with Gasteiger partial charge in [-0.1, -0.05) is 0 Å². The van der Waals surface area contributed by atoms with Crippen LogP contribution in [0.4, 0.5) is 4.79 Å². The van der Waals surface area contributed by atoms with E-state index in [0.717, 1.165) is 0 Å². The number of rotatable bonds is 4. The molecule has 0 aromatic heterocycles. The Bertz CT molecular complexity index is 354. The van der Waals surface area contributed by atoms with Gasteiger partial charge in [0, 0.05) is 13.1 Å². The minimum absolute atomic E-state index is 0.207. The van der Waals surface area contributed by atoms with Crippen LogP contribution < -0.4 is 10.6 Å². The molecule has 19 heavy (non-hydrogen) atoms. The number of hydrogen-bond donors (Lipinski definition) is 3. The number of urea groups is 1. The monoisotopic (exact) mass is 273 g/mol. The second kappa shape index (κ2) is 6.93. The zero-order chi connectivity index (χ0) is 14.4. The first-order valence-corrected chi connectivity index (χ1v) is 6.08. The average molecular weight is 273 g/mol. The fraction of sp³-hybridized carbons (Fsp3) is 0.727. The molecule has 1 rings (SSSR count). The van der Waals surface area contributed by atoms with Crippen molar-refractivity contribution in [3.05, 3.63) is 0 Å². The smallest absolute Gasteiger partial charge is 0.325 e. The third-order valence-electron chi connectivity index (χ3n) is 2.76. The van der Waals surface area contributed by atoms with Gasteiger partial charge in [0.05, 0.1) is 13.2 Å². The summed E-state index contributed by atoms with van der Waals surface area (Å²) in [5.41, 5.74) is 0. The lowest BCUT2D eigenvalue weighted by Gasteiger charge is -2.29. The van der Waals surface area contributed by atoms with E-state index < -0.39 is 24.1 Å². The normalized spacial score (nSPS) is 18.3. The Hall–Kier alpha value is -1.83. The van der Waals surface area contributed by atoms with E-state index in [1.807, 2.05) is 0 Å². The highest BCUT2D eigenvalue weighted by Crippen LogP contribution is 2.00. The number of carboxylic acid groups (broad SMARTS) is 1. The molecule has 0 aliphatic carbocycles. The van der Waals surface area contributed by atoms with Crippen molar-refractivity contribution in [1.82, 2.24) is 15.5 Å². The number of nitrogens with one attached hydrogen (secondary N) is 2. The summed E-state index contributed by atoms with van der Waals surface area (Å²) in [5, 5.41) is 13.3. The molecule has 1 aliphatic heterocycles. The van der Waals surface area contributed by atoms with Gasteiger partial charge < -0.3 is 25.4 Å². The van der Waals surface area contributed by atoms with E-state index in [1.54, 1.807) is 11.8 Å². The van der Waals surface area contributed by atoms with E-state index in [0.29, 0.717) is 26.3 Å². The Morgan fingerprint density at radius 3 is 2.16 bits per heavy atom. The van der Waals surface area contributed by atoms with E-state index in [4.69, 9.17) is 9.84 Å². The highest BCUT2D eigenvalue weighted by Gasteiger charge is 2.24. The number of aliphatic carboxylic acids is 1. The van der Waals surface area contributed by atoms with E-state index >= 15 is 0 Å². The lowest BCUT2D eigenvalue weighted by atomic mass is 10.2. The lowest BCUT2D eigenvalue weighted by Crippen LogP contribution is -2.54. The van der Waals surface area contributed by atoms with Crippen molar-refractivity contribution in [1.29, 1.82) is 0 Å². The number of nitrogens with zero attached hydrogens (tertiary/aromatic N) is 1. The number of hydrogen-bond acceptors (Lipinski definition) is 4. The van der Waals surface area contributed by atoms with Crippen LogP contribution in [-0.2, 0) is 14.3 Å². The molecule has 2 unspecified atom stereocenters. The quantitative estimate of drug-likeness (QED) is 0.609. The molecule has 8 heteroatoms. The van der Waals surface area contributed by atoms with Gasteiger partial charge in [-0.05, 0) is 13.8 Å². The Kier molecular flexibility index (Phi) is 5.56. The van der Waals surface area contributed by atoms with Gasteiger partial charge in [-0.2, -0.15) is 0 Å². The van der Waals surface area contributed by atoms with E-state index in [9.17, 15) is 14.4 Å². The number of morpholine rings is 1. The maximum Gasteiger partial charge on any atom is 0.325 e. The minimum atomic E-state index is -1.14. The molecule has 0 saturated carbocycles. The third kappa shape index (κ3) is 4.74. The molecule has 0 aromatic rings. The van der Waals surface area contributed by atoms with Gasteiger partial charge >= 0.3 is 12.0 Å². The van der Waals surface area contributed by atoms with Crippen molar-refractivity contribution in [2.45, 2.75) is 25.9 Å². The topological polar surface area (TPSA) is 108 Å². The number of ether oxygens (including phenoxy) is 1. The van der Waals surface area contributed by atoms with Gasteiger partial charge in [0.25, 0.3) is 0 Å². The standard InChI is InChI=1S/C11H19N3O5/c1-7(9(15)14-3-5-19-6-4-14)12-11(18)13-8(2)10(16)17/h7-8H,3-6H2,1-2H3,(H,16,17)(H2,12,13,18). The number of amides is 3. The summed E-state index contributed by atoms with van der Waals surface area (Å²) >= 11 is 0. The molecule has 1 saturated heterocycles. The average Bonchev–Trinajstić information content (AvgIpc) is 2.38.